The van der Waals surface area contributed by atoms with E-state index < -0.39 is 0 Å². The quantitative estimate of drug-likeness (QED) is 0.183. The smallest absolute Gasteiger partial charge is 0.273 e. The number of carbonyl (C=O) groups excluding carboxylic acids is 1. The van der Waals surface area contributed by atoms with Crippen LogP contribution >= 0.6 is 23.1 Å². The van der Waals surface area contributed by atoms with Gasteiger partial charge in [-0.05, 0) is 43.9 Å². The number of methoxy groups -OCH3 is 1. The average molecular weight is 586 g/mol. The fraction of sp³-hybridized carbons (Fsp3) is 0.233. The number of aromatic nitrogens is 5. The molecule has 11 heteroatoms. The number of amides is 1. The summed E-state index contributed by atoms with van der Waals surface area (Å²) in [4.78, 5) is 26.3. The van der Waals surface area contributed by atoms with Crippen LogP contribution in [0.2, 0.25) is 0 Å². The number of thioether (sulfide) groups is 1. The second-order valence-electron chi connectivity index (χ2n) is 9.48. The summed E-state index contributed by atoms with van der Waals surface area (Å²) >= 11 is 2.99. The highest BCUT2D eigenvalue weighted by Crippen LogP contribution is 2.34. The molecule has 0 saturated carbocycles. The topological polar surface area (TPSA) is 89.3 Å². The molecule has 41 heavy (non-hydrogen) atoms. The Labute approximate surface area is 247 Å². The Balaban J connectivity index is 1.37. The molecular weight excluding hydrogens is 555 g/mol. The maximum absolute atomic E-state index is 13.5. The third kappa shape index (κ3) is 6.99. The molecule has 0 aliphatic carbocycles. The fourth-order valence-electron chi connectivity index (χ4n) is 4.22. The lowest BCUT2D eigenvalue weighted by Gasteiger charge is -2.24. The molecule has 3 aromatic heterocycles. The monoisotopic (exact) mass is 585 g/mol. The minimum atomic E-state index is -0.0691. The number of hydrogen-bond donors (Lipinski definition) is 0. The van der Waals surface area contributed by atoms with E-state index in [1.165, 1.54) is 23.1 Å². The first-order chi connectivity index (χ1) is 20.0. The van der Waals surface area contributed by atoms with Gasteiger partial charge in [-0.25, -0.2) is 4.98 Å². The molecule has 0 radical (unpaired) electrons. The van der Waals surface area contributed by atoms with E-state index >= 15 is 0 Å². The Hall–Kier alpha value is -4.06. The van der Waals surface area contributed by atoms with Crippen molar-refractivity contribution in [3.05, 3.63) is 101 Å². The van der Waals surface area contributed by atoms with Crippen molar-refractivity contribution in [2.24, 2.45) is 0 Å². The van der Waals surface area contributed by atoms with Gasteiger partial charge in [0.25, 0.3) is 5.91 Å². The molecule has 3 heterocycles. The molecule has 1 amide bonds. The van der Waals surface area contributed by atoms with Crippen LogP contribution in [0.1, 0.15) is 21.1 Å². The predicted octanol–water partition coefficient (Wildman–Crippen LogP) is 5.29. The van der Waals surface area contributed by atoms with Crippen LogP contribution in [-0.4, -0.2) is 74.7 Å². The van der Waals surface area contributed by atoms with Crippen molar-refractivity contribution in [1.82, 2.24) is 34.5 Å². The summed E-state index contributed by atoms with van der Waals surface area (Å²) in [6.07, 6.45) is 3.47. The maximum atomic E-state index is 13.5. The number of ether oxygens (including phenoxy) is 1. The van der Waals surface area contributed by atoms with Crippen LogP contribution in [0.5, 0.6) is 5.75 Å². The highest BCUT2D eigenvalue weighted by atomic mass is 32.2. The molecule has 5 aromatic rings. The van der Waals surface area contributed by atoms with E-state index in [0.717, 1.165) is 28.4 Å². The summed E-state index contributed by atoms with van der Waals surface area (Å²) in [6.45, 7) is 1.92. The summed E-state index contributed by atoms with van der Waals surface area (Å²) in [5.74, 6) is 1.87. The fourth-order valence-corrected chi connectivity index (χ4v) is 5.95. The summed E-state index contributed by atoms with van der Waals surface area (Å²) in [6, 6.07) is 21.6. The first-order valence-corrected chi connectivity index (χ1v) is 14.9. The SMILES string of the molecule is COc1ccccc1-n1c(SCc2nc(C(=O)N(CCN(C)C)Cc3ccccc3)cs2)nnc1-c1ccncc1. The van der Waals surface area contributed by atoms with Gasteiger partial charge in [0.05, 0.1) is 18.6 Å². The lowest BCUT2D eigenvalue weighted by atomic mass is 10.2. The van der Waals surface area contributed by atoms with Crippen LogP contribution in [0, 0.1) is 0 Å². The minimum Gasteiger partial charge on any atom is -0.495 e. The summed E-state index contributed by atoms with van der Waals surface area (Å²) in [5.41, 5.74) is 3.28. The lowest BCUT2D eigenvalue weighted by Crippen LogP contribution is -2.36. The van der Waals surface area contributed by atoms with Crippen LogP contribution in [0.3, 0.4) is 0 Å². The third-order valence-corrected chi connectivity index (χ3v) is 8.29. The van der Waals surface area contributed by atoms with Crippen LogP contribution in [0.15, 0.2) is 89.7 Å². The predicted molar refractivity (Wildman–Crippen MR) is 163 cm³/mol. The van der Waals surface area contributed by atoms with Gasteiger partial charge in [-0.3, -0.25) is 14.3 Å². The van der Waals surface area contributed by atoms with Crippen molar-refractivity contribution in [1.29, 1.82) is 0 Å². The average Bonchev–Trinajstić information content (AvgIpc) is 3.66. The molecule has 0 aliphatic heterocycles. The molecule has 0 atom stereocenters. The maximum Gasteiger partial charge on any atom is 0.273 e. The van der Waals surface area contributed by atoms with Gasteiger partial charge in [0.1, 0.15) is 16.5 Å². The van der Waals surface area contributed by atoms with Crippen molar-refractivity contribution in [3.8, 4) is 22.8 Å². The van der Waals surface area contributed by atoms with Crippen LogP contribution in [-0.2, 0) is 12.3 Å². The van der Waals surface area contributed by atoms with Crippen molar-refractivity contribution in [2.45, 2.75) is 17.5 Å². The van der Waals surface area contributed by atoms with Gasteiger partial charge in [-0.1, -0.05) is 54.2 Å². The number of thiazole rings is 1. The Morgan fingerprint density at radius 2 is 1.73 bits per heavy atom. The molecular formula is C30H31N7O2S2. The number of rotatable bonds is 12. The van der Waals surface area contributed by atoms with Crippen LogP contribution in [0.4, 0.5) is 0 Å². The zero-order valence-corrected chi connectivity index (χ0v) is 24.8. The molecule has 0 bridgehead atoms. The number of pyridine rings is 1. The normalized spacial score (nSPS) is 11.1. The number of nitrogens with zero attached hydrogens (tertiary/aromatic N) is 7. The van der Waals surface area contributed by atoms with E-state index in [9.17, 15) is 4.79 Å². The van der Waals surface area contributed by atoms with Crippen LogP contribution < -0.4 is 4.74 Å². The summed E-state index contributed by atoms with van der Waals surface area (Å²) < 4.78 is 7.64. The highest BCUT2D eigenvalue weighted by Gasteiger charge is 2.22. The molecule has 0 spiro atoms. The number of benzene rings is 2. The van der Waals surface area contributed by atoms with E-state index in [1.807, 2.05) is 95.7 Å². The van der Waals surface area contributed by atoms with E-state index in [2.05, 4.69) is 20.1 Å². The molecule has 210 valence electrons. The Kier molecular flexibility index (Phi) is 9.40. The molecule has 0 aliphatic rings. The summed E-state index contributed by atoms with van der Waals surface area (Å²) in [7, 11) is 5.66. The van der Waals surface area contributed by atoms with Gasteiger partial charge in [0, 0.05) is 43.0 Å². The second kappa shape index (κ2) is 13.5. The molecule has 0 fully saturated rings. The van der Waals surface area contributed by atoms with E-state index in [-0.39, 0.29) is 5.91 Å². The van der Waals surface area contributed by atoms with Crippen molar-refractivity contribution >= 4 is 29.0 Å². The third-order valence-electron chi connectivity index (χ3n) is 6.31. The number of carbonyl (C=O) groups is 1. The standard InChI is InChI=1S/C30H31N7O2S2/c1-35(2)17-18-36(19-22-9-5-4-6-10-22)29(38)24-20-40-27(32-24)21-41-30-34-33-28(23-13-15-31-16-14-23)37(30)25-11-7-8-12-26(25)39-3/h4-16,20H,17-19,21H2,1-3H3. The zero-order valence-electron chi connectivity index (χ0n) is 23.2. The molecule has 9 nitrogen and oxygen atoms in total. The Bertz CT molecular complexity index is 1570. The van der Waals surface area contributed by atoms with Gasteiger partial charge in [0.2, 0.25) is 0 Å². The second-order valence-corrected chi connectivity index (χ2v) is 11.4. The van der Waals surface area contributed by atoms with Crippen molar-refractivity contribution < 1.29 is 9.53 Å². The van der Waals surface area contributed by atoms with Gasteiger partial charge in [-0.15, -0.1) is 21.5 Å². The molecule has 2 aromatic carbocycles. The van der Waals surface area contributed by atoms with E-state index in [1.54, 1.807) is 19.5 Å². The van der Waals surface area contributed by atoms with Crippen LogP contribution in [0.25, 0.3) is 17.1 Å². The first-order valence-electron chi connectivity index (χ1n) is 13.1. The molecule has 0 N–H and O–H groups in total. The molecule has 5 rings (SSSR count). The first kappa shape index (κ1) is 28.5. The van der Waals surface area contributed by atoms with E-state index in [0.29, 0.717) is 41.3 Å². The van der Waals surface area contributed by atoms with Gasteiger partial charge >= 0.3 is 0 Å². The largest absolute Gasteiger partial charge is 0.495 e. The number of para-hydroxylation sites is 2. The van der Waals surface area contributed by atoms with E-state index in [4.69, 9.17) is 9.72 Å². The van der Waals surface area contributed by atoms with Gasteiger partial charge < -0.3 is 14.5 Å². The van der Waals surface area contributed by atoms with Gasteiger partial charge in [0.15, 0.2) is 11.0 Å². The number of likely N-dealkylation sites (N-methyl/N-ethyl adjacent to an activating group) is 1. The minimum absolute atomic E-state index is 0.0691. The Morgan fingerprint density at radius 3 is 2.49 bits per heavy atom. The van der Waals surface area contributed by atoms with Crippen molar-refractivity contribution in [2.75, 3.05) is 34.3 Å². The highest BCUT2D eigenvalue weighted by molar-refractivity contribution is 7.98. The molecule has 0 unspecified atom stereocenters. The van der Waals surface area contributed by atoms with Crippen molar-refractivity contribution in [3.63, 3.8) is 0 Å². The zero-order chi connectivity index (χ0) is 28.6. The lowest BCUT2D eigenvalue weighted by molar-refractivity contribution is 0.0726. The summed E-state index contributed by atoms with van der Waals surface area (Å²) in [5, 5.41) is 12.4. The number of hydrogen-bond acceptors (Lipinski definition) is 9. The van der Waals surface area contributed by atoms with Gasteiger partial charge in [-0.2, -0.15) is 0 Å². The molecule has 0 saturated heterocycles. The Morgan fingerprint density at radius 1 is 0.976 bits per heavy atom.